The molecule has 0 bridgehead atoms. The van der Waals surface area contributed by atoms with Gasteiger partial charge >= 0.3 is 17.1 Å². The van der Waals surface area contributed by atoms with E-state index in [0.717, 1.165) is 5.56 Å². The van der Waals surface area contributed by atoms with Gasteiger partial charge in [-0.3, -0.25) is 4.55 Å². The van der Waals surface area contributed by atoms with Gasteiger partial charge in [-0.05, 0) is 19.1 Å². The molecule has 1 aromatic carbocycles. The topological polar surface area (TPSA) is 224 Å². The van der Waals surface area contributed by atoms with Gasteiger partial charge in [-0.2, -0.15) is 8.42 Å². The van der Waals surface area contributed by atoms with Crippen molar-refractivity contribution in [3.05, 3.63) is 29.8 Å². The molecular formula is C7H12FeNO11S3. The zero-order valence-electron chi connectivity index (χ0n) is 11.4. The maximum Gasteiger partial charge on any atom is 1.00 e. The van der Waals surface area contributed by atoms with E-state index in [2.05, 4.69) is 8.67 Å². The molecule has 12 nitrogen and oxygen atoms in total. The van der Waals surface area contributed by atoms with Crippen molar-refractivity contribution in [1.82, 2.24) is 6.15 Å². The molecule has 0 aliphatic heterocycles. The molecule has 16 heteroatoms. The molecule has 5 N–H and O–H groups in total. The average molecular weight is 438 g/mol. The van der Waals surface area contributed by atoms with Crippen LogP contribution in [0.15, 0.2) is 29.2 Å². The second kappa shape index (κ2) is 10.3. The number of hydrogen-bond donors (Lipinski definition) is 2. The molecule has 23 heavy (non-hydrogen) atoms. The molecule has 0 aliphatic rings. The van der Waals surface area contributed by atoms with Crippen molar-refractivity contribution in [2.75, 3.05) is 0 Å². The molecule has 0 spiro atoms. The summed E-state index contributed by atoms with van der Waals surface area (Å²) >= 11 is 0. The van der Waals surface area contributed by atoms with E-state index >= 15 is 0 Å². The molecular weight excluding hydrogens is 426 g/mol. The standard InChI is InChI=1S/C7H8O3S.Fe.H3N.H2O8S2/c1-6-2-4-7(5-3-6)11(8,9)10;;;1-9(2,3)7-8-10(4,5)6/h2-5H,1H3,(H,8,9,10);;1H3;(H,1,2,3)(H,4,5,6)/q;+1;;/p-1. The van der Waals surface area contributed by atoms with Gasteiger partial charge in [-0.25, -0.2) is 16.8 Å². The zero-order chi connectivity index (χ0) is 16.9. The molecule has 0 saturated carbocycles. The van der Waals surface area contributed by atoms with E-state index in [9.17, 15) is 34.4 Å². The van der Waals surface area contributed by atoms with Crippen LogP contribution >= 0.6 is 0 Å². The SMILES string of the molecule is Cc1ccc(S(=O)(=O)O)cc1.O=S(=O)([O-])OOS(=O)(=O)[O-].[Fe+].[NH4+]. The minimum absolute atomic E-state index is 0. The monoisotopic (exact) mass is 438 g/mol. The van der Waals surface area contributed by atoms with Crippen molar-refractivity contribution < 1.29 is 64.6 Å². The molecule has 0 unspecified atom stereocenters. The Morgan fingerprint density at radius 2 is 1.17 bits per heavy atom. The minimum atomic E-state index is -5.31. The molecule has 1 radical (unpaired) electrons. The molecule has 1 rings (SSSR count). The number of aryl methyl sites for hydroxylation is 1. The van der Waals surface area contributed by atoms with Crippen LogP contribution in [0.5, 0.6) is 0 Å². The molecule has 0 saturated heterocycles. The molecule has 0 amide bonds. The number of hydrogen-bond acceptors (Lipinski definition) is 10. The maximum atomic E-state index is 10.5. The maximum absolute atomic E-state index is 10.5. The summed E-state index contributed by atoms with van der Waals surface area (Å²) in [5, 5.41) is 0. The summed E-state index contributed by atoms with van der Waals surface area (Å²) in [5.41, 5.74) is 0.956. The number of quaternary nitrogens is 1. The van der Waals surface area contributed by atoms with Crippen molar-refractivity contribution in [3.8, 4) is 0 Å². The Balaban J connectivity index is -0.000000322. The summed E-state index contributed by atoms with van der Waals surface area (Å²) in [7, 11) is -14.6. The molecule has 0 atom stereocenters. The average Bonchev–Trinajstić information content (AvgIpc) is 2.25. The van der Waals surface area contributed by atoms with Crippen LogP contribution in [0.25, 0.3) is 0 Å². The smallest absolute Gasteiger partial charge is 0.724 e. The summed E-state index contributed by atoms with van der Waals surface area (Å²) in [6.45, 7) is 1.84. The van der Waals surface area contributed by atoms with Crippen LogP contribution in [-0.2, 0) is 56.7 Å². The van der Waals surface area contributed by atoms with Gasteiger partial charge in [0.25, 0.3) is 10.1 Å². The first-order valence-electron chi connectivity index (χ1n) is 4.54. The summed E-state index contributed by atoms with van der Waals surface area (Å²) in [5.74, 6) is 0. The van der Waals surface area contributed by atoms with Crippen molar-refractivity contribution in [1.29, 1.82) is 0 Å². The fourth-order valence-corrected chi connectivity index (χ4v) is 1.80. The quantitative estimate of drug-likeness (QED) is 0.200. The van der Waals surface area contributed by atoms with E-state index in [1.54, 1.807) is 12.1 Å². The minimum Gasteiger partial charge on any atom is -0.724 e. The summed E-state index contributed by atoms with van der Waals surface area (Å²) in [6, 6.07) is 5.99. The first-order valence-corrected chi connectivity index (χ1v) is 8.65. The van der Waals surface area contributed by atoms with Gasteiger partial charge in [-0.15, -0.1) is 8.67 Å². The summed E-state index contributed by atoms with van der Waals surface area (Å²) in [6.07, 6.45) is 0. The Bertz CT molecular complexity index is 737. The second-order valence-electron chi connectivity index (χ2n) is 3.24. The third kappa shape index (κ3) is 16.0. The molecule has 0 fully saturated rings. The first kappa shape index (κ1) is 27.2. The second-order valence-corrected chi connectivity index (χ2v) is 6.57. The fourth-order valence-electron chi connectivity index (χ4n) is 0.778. The van der Waals surface area contributed by atoms with E-state index in [4.69, 9.17) is 4.55 Å². The van der Waals surface area contributed by atoms with Crippen molar-refractivity contribution in [3.63, 3.8) is 0 Å². The normalized spacial score (nSPS) is 11.3. The Labute approximate surface area is 143 Å². The van der Waals surface area contributed by atoms with Crippen LogP contribution in [0.3, 0.4) is 0 Å². The van der Waals surface area contributed by atoms with Gasteiger partial charge in [-0.1, -0.05) is 17.7 Å². The fraction of sp³-hybridized carbons (Fsp3) is 0.143. The summed E-state index contributed by atoms with van der Waals surface area (Å²) in [4.78, 5) is -0.0666. The van der Waals surface area contributed by atoms with E-state index in [-0.39, 0.29) is 28.1 Å². The first-order chi connectivity index (χ1) is 9.21. The number of benzene rings is 1. The van der Waals surface area contributed by atoms with Crippen LogP contribution in [-0.4, -0.2) is 38.9 Å². The van der Waals surface area contributed by atoms with Crippen LogP contribution < -0.4 is 6.15 Å². The predicted molar refractivity (Wildman–Crippen MR) is 68.5 cm³/mol. The largest absolute Gasteiger partial charge is 1.00 e. The Morgan fingerprint density at radius 1 is 0.870 bits per heavy atom. The molecule has 0 heterocycles. The van der Waals surface area contributed by atoms with E-state index < -0.39 is 30.9 Å². The molecule has 0 aromatic heterocycles. The van der Waals surface area contributed by atoms with Crippen LogP contribution in [0, 0.1) is 6.92 Å². The molecule has 0 aliphatic carbocycles. The Kier molecular flexibility index (Phi) is 12.1. The predicted octanol–water partition coefficient (Wildman–Crippen LogP) is -0.530. The van der Waals surface area contributed by atoms with Gasteiger partial charge in [0, 0.05) is 0 Å². The van der Waals surface area contributed by atoms with Gasteiger partial charge in [0.05, 0.1) is 4.90 Å². The van der Waals surface area contributed by atoms with Gasteiger partial charge in [0.2, 0.25) is 20.8 Å². The van der Waals surface area contributed by atoms with Crippen LogP contribution in [0.2, 0.25) is 0 Å². The van der Waals surface area contributed by atoms with Crippen LogP contribution in [0.4, 0.5) is 0 Å². The Hall–Kier alpha value is -0.651. The van der Waals surface area contributed by atoms with Gasteiger partial charge in [0.1, 0.15) is 0 Å². The summed E-state index contributed by atoms with van der Waals surface area (Å²) < 4.78 is 91.0. The van der Waals surface area contributed by atoms with Gasteiger partial charge < -0.3 is 15.3 Å². The molecule has 1 aromatic rings. The van der Waals surface area contributed by atoms with Crippen molar-refractivity contribution in [2.45, 2.75) is 11.8 Å². The third-order valence-corrected chi connectivity index (χ3v) is 2.94. The Morgan fingerprint density at radius 3 is 1.39 bits per heavy atom. The third-order valence-electron chi connectivity index (χ3n) is 1.51. The van der Waals surface area contributed by atoms with E-state index in [1.807, 2.05) is 6.92 Å². The van der Waals surface area contributed by atoms with Crippen LogP contribution in [0.1, 0.15) is 5.56 Å². The van der Waals surface area contributed by atoms with Crippen molar-refractivity contribution >= 4 is 30.9 Å². The van der Waals surface area contributed by atoms with E-state index in [1.165, 1.54) is 12.1 Å². The number of rotatable bonds is 4. The van der Waals surface area contributed by atoms with E-state index in [0.29, 0.717) is 0 Å². The zero-order valence-corrected chi connectivity index (χ0v) is 15.0. The van der Waals surface area contributed by atoms with Crippen molar-refractivity contribution in [2.24, 2.45) is 0 Å². The van der Waals surface area contributed by atoms with Gasteiger partial charge in [0.15, 0.2) is 0 Å². The molecule has 137 valence electrons.